The van der Waals surface area contributed by atoms with Crippen molar-refractivity contribution in [3.05, 3.63) is 55.7 Å². The highest BCUT2D eigenvalue weighted by Crippen LogP contribution is 2.18. The molecule has 0 heterocycles. The molecule has 2 nitrogen and oxygen atoms in total. The monoisotopic (exact) mass is 524 g/mol. The number of halogens is 2. The van der Waals surface area contributed by atoms with Crippen LogP contribution in [0.1, 0.15) is 13.8 Å². The largest absolute Gasteiger partial charge is 0.408 e. The summed E-state index contributed by atoms with van der Waals surface area (Å²) in [6.07, 6.45) is 0. The lowest BCUT2D eigenvalue weighted by atomic mass is 10.4. The number of hydrogen-bond acceptors (Lipinski definition) is 2. The van der Waals surface area contributed by atoms with Crippen LogP contribution in [-0.4, -0.2) is 21.8 Å². The summed E-state index contributed by atoms with van der Waals surface area (Å²) in [6, 6.07) is 16.7. The number of rotatable bonds is 6. The normalized spacial score (nSPS) is 11.6. The molecule has 0 unspecified atom stereocenters. The highest BCUT2D eigenvalue weighted by Gasteiger charge is 2.43. The fourth-order valence-electron chi connectivity index (χ4n) is 2.34. The zero-order valence-corrected chi connectivity index (χ0v) is 17.4. The Hall–Kier alpha value is 0.0369. The predicted molar refractivity (Wildman–Crippen MR) is 107 cm³/mol. The van der Waals surface area contributed by atoms with Crippen LogP contribution in [0.5, 0.6) is 0 Å². The summed E-state index contributed by atoms with van der Waals surface area (Å²) in [5.74, 6) is 0. The highest BCUT2D eigenvalue weighted by molar-refractivity contribution is 14.1. The fourth-order valence-corrected chi connectivity index (χ4v) is 7.74. The molecule has 112 valence electrons. The Morgan fingerprint density at radius 1 is 0.857 bits per heavy atom. The Morgan fingerprint density at radius 3 is 2.05 bits per heavy atom. The molecule has 21 heavy (non-hydrogen) atoms. The molecular formula is C16H18I2O2Si. The van der Waals surface area contributed by atoms with E-state index in [9.17, 15) is 0 Å². The van der Waals surface area contributed by atoms with Crippen molar-refractivity contribution in [2.24, 2.45) is 0 Å². The molecule has 0 aliphatic rings. The van der Waals surface area contributed by atoms with Crippen LogP contribution in [-0.2, 0) is 8.85 Å². The summed E-state index contributed by atoms with van der Waals surface area (Å²) in [7, 11) is -2.64. The van der Waals surface area contributed by atoms with E-state index in [0.29, 0.717) is 13.2 Å². The first-order valence-electron chi connectivity index (χ1n) is 6.93. The van der Waals surface area contributed by atoms with Crippen LogP contribution >= 0.6 is 45.2 Å². The van der Waals surface area contributed by atoms with E-state index < -0.39 is 8.56 Å². The second-order valence-corrected chi connectivity index (χ2v) is 9.62. The van der Waals surface area contributed by atoms with Gasteiger partial charge in [0, 0.05) is 25.5 Å². The molecule has 0 bridgehead atoms. The Balaban J connectivity index is 2.67. The zero-order chi connectivity index (χ0) is 15.3. The second kappa shape index (κ2) is 8.05. The van der Waals surface area contributed by atoms with Crippen molar-refractivity contribution in [3.63, 3.8) is 0 Å². The van der Waals surface area contributed by atoms with E-state index in [-0.39, 0.29) is 0 Å². The third kappa shape index (κ3) is 3.69. The molecule has 0 fully saturated rings. The predicted octanol–water partition coefficient (Wildman–Crippen LogP) is 3.53. The molecule has 2 aromatic rings. The van der Waals surface area contributed by atoms with Gasteiger partial charge in [0.25, 0.3) is 0 Å². The van der Waals surface area contributed by atoms with Crippen LogP contribution < -0.4 is 10.4 Å². The van der Waals surface area contributed by atoms with Gasteiger partial charge in [0.05, 0.1) is 0 Å². The summed E-state index contributed by atoms with van der Waals surface area (Å²) < 4.78 is 15.0. The van der Waals surface area contributed by atoms with Crippen LogP contribution in [0.15, 0.2) is 48.5 Å². The average Bonchev–Trinajstić information content (AvgIpc) is 2.51. The third-order valence-corrected chi connectivity index (χ3v) is 10.4. The van der Waals surface area contributed by atoms with Gasteiger partial charge < -0.3 is 8.85 Å². The van der Waals surface area contributed by atoms with Crippen molar-refractivity contribution in [3.8, 4) is 0 Å². The van der Waals surface area contributed by atoms with Crippen molar-refractivity contribution < 1.29 is 8.85 Å². The Bertz CT molecular complexity index is 584. The van der Waals surface area contributed by atoms with Crippen LogP contribution in [0.4, 0.5) is 0 Å². The lowest BCUT2D eigenvalue weighted by Crippen LogP contribution is -2.64. The first kappa shape index (κ1) is 17.4. The van der Waals surface area contributed by atoms with Gasteiger partial charge in [-0.2, -0.15) is 0 Å². The topological polar surface area (TPSA) is 18.5 Å². The maximum atomic E-state index is 6.29. The van der Waals surface area contributed by atoms with Gasteiger partial charge in [-0.3, -0.25) is 0 Å². The molecule has 0 aromatic heterocycles. The van der Waals surface area contributed by atoms with Gasteiger partial charge in [-0.1, -0.05) is 42.5 Å². The zero-order valence-electron chi connectivity index (χ0n) is 12.1. The smallest absolute Gasteiger partial charge is 0.388 e. The molecule has 5 heteroatoms. The van der Waals surface area contributed by atoms with E-state index in [4.69, 9.17) is 8.85 Å². The maximum Gasteiger partial charge on any atom is 0.408 e. The van der Waals surface area contributed by atoms with E-state index >= 15 is 0 Å². The Labute approximate surface area is 154 Å². The molecule has 0 radical (unpaired) electrons. The highest BCUT2D eigenvalue weighted by atomic mass is 127. The fraction of sp³-hybridized carbons (Fsp3) is 0.250. The van der Waals surface area contributed by atoms with Crippen LogP contribution in [0, 0.1) is 7.14 Å². The van der Waals surface area contributed by atoms with Crippen molar-refractivity contribution in [1.29, 1.82) is 0 Å². The van der Waals surface area contributed by atoms with Gasteiger partial charge in [0.1, 0.15) is 0 Å². The quantitative estimate of drug-likeness (QED) is 0.426. The van der Waals surface area contributed by atoms with Gasteiger partial charge in [0.15, 0.2) is 0 Å². The van der Waals surface area contributed by atoms with E-state index in [2.05, 4.69) is 87.6 Å². The maximum absolute atomic E-state index is 6.29. The SMILES string of the molecule is CCO[Si](OCC)(c1ccccc1)c1cccc(I)c1I. The van der Waals surface area contributed by atoms with Crippen molar-refractivity contribution in [1.82, 2.24) is 0 Å². The molecule has 0 saturated heterocycles. The molecular weight excluding hydrogens is 506 g/mol. The van der Waals surface area contributed by atoms with Crippen molar-refractivity contribution >= 4 is 64.1 Å². The number of hydrogen-bond donors (Lipinski definition) is 0. The first-order valence-corrected chi connectivity index (χ1v) is 10.9. The minimum Gasteiger partial charge on any atom is -0.388 e. The summed E-state index contributed by atoms with van der Waals surface area (Å²) in [4.78, 5) is 0. The van der Waals surface area contributed by atoms with Gasteiger partial charge in [0.2, 0.25) is 0 Å². The van der Waals surface area contributed by atoms with E-state index in [0.717, 1.165) is 5.19 Å². The molecule has 0 N–H and O–H groups in total. The lowest BCUT2D eigenvalue weighted by Gasteiger charge is -2.31. The van der Waals surface area contributed by atoms with E-state index in [1.165, 1.54) is 12.3 Å². The average molecular weight is 524 g/mol. The van der Waals surface area contributed by atoms with Crippen LogP contribution in [0.25, 0.3) is 0 Å². The summed E-state index contributed by atoms with van der Waals surface area (Å²) in [6.45, 7) is 5.35. The molecule has 0 amide bonds. The van der Waals surface area contributed by atoms with Gasteiger partial charge in [-0.25, -0.2) is 0 Å². The Kier molecular flexibility index (Phi) is 6.67. The molecule has 0 saturated carbocycles. The summed E-state index contributed by atoms with van der Waals surface area (Å²) >= 11 is 4.77. The third-order valence-electron chi connectivity index (χ3n) is 3.16. The van der Waals surface area contributed by atoms with Gasteiger partial charge in [-0.15, -0.1) is 0 Å². The molecule has 0 spiro atoms. The second-order valence-electron chi connectivity index (χ2n) is 4.45. The summed E-state index contributed by atoms with van der Waals surface area (Å²) in [5.41, 5.74) is 0. The molecule has 2 aromatic carbocycles. The molecule has 0 aliphatic carbocycles. The molecule has 0 aliphatic heterocycles. The minimum atomic E-state index is -2.64. The van der Waals surface area contributed by atoms with E-state index in [1.807, 2.05) is 19.9 Å². The first-order chi connectivity index (χ1) is 10.2. The van der Waals surface area contributed by atoms with Gasteiger partial charge >= 0.3 is 8.56 Å². The standard InChI is InChI=1S/C16H18I2O2Si/c1-3-19-21(20-4-2,13-9-6-5-7-10-13)15-12-8-11-14(17)16(15)18/h5-12H,3-4H2,1-2H3. The van der Waals surface area contributed by atoms with Gasteiger partial charge in [-0.05, 0) is 70.3 Å². The van der Waals surface area contributed by atoms with Crippen LogP contribution in [0.2, 0.25) is 0 Å². The van der Waals surface area contributed by atoms with Crippen molar-refractivity contribution in [2.45, 2.75) is 13.8 Å². The number of benzene rings is 2. The van der Waals surface area contributed by atoms with Crippen LogP contribution in [0.3, 0.4) is 0 Å². The Morgan fingerprint density at radius 2 is 1.48 bits per heavy atom. The molecule has 0 atom stereocenters. The molecule has 2 rings (SSSR count). The lowest BCUT2D eigenvalue weighted by molar-refractivity contribution is 0.208. The minimum absolute atomic E-state index is 0.642. The summed E-state index contributed by atoms with van der Waals surface area (Å²) in [5, 5.41) is 2.36. The van der Waals surface area contributed by atoms with Crippen molar-refractivity contribution in [2.75, 3.05) is 13.2 Å². The van der Waals surface area contributed by atoms with E-state index in [1.54, 1.807) is 0 Å².